The Morgan fingerprint density at radius 1 is 1.10 bits per heavy atom. The van der Waals surface area contributed by atoms with Crippen LogP contribution in [0.4, 0.5) is 0 Å². The van der Waals surface area contributed by atoms with Crippen LogP contribution < -0.4 is 10.5 Å². The second kappa shape index (κ2) is 6.64. The molecule has 7 heteroatoms. The Balaban J connectivity index is 1.86. The number of carbonyl (C=O) groups is 1. The number of primary amides is 1. The smallest absolute Gasteiger partial charge is 0.224 e. The zero-order valence-electron chi connectivity index (χ0n) is 16.3. The molecule has 7 nitrogen and oxygen atoms in total. The Kier molecular flexibility index (Phi) is 4.12. The Morgan fingerprint density at radius 3 is 2.45 bits per heavy atom. The first-order valence-corrected chi connectivity index (χ1v) is 9.85. The maximum absolute atomic E-state index is 12.6. The predicted octanol–water partition coefficient (Wildman–Crippen LogP) is 1.69. The van der Waals surface area contributed by atoms with Gasteiger partial charge in [0.05, 0.1) is 17.6 Å². The molecule has 1 aliphatic carbocycles. The number of nitrogens with zero attached hydrogens (tertiary/aromatic N) is 2. The van der Waals surface area contributed by atoms with E-state index in [1.807, 2.05) is 30.3 Å². The summed E-state index contributed by atoms with van der Waals surface area (Å²) < 4.78 is 6.44. The molecule has 0 bridgehead atoms. The van der Waals surface area contributed by atoms with Crippen LogP contribution in [0.15, 0.2) is 72.9 Å². The molecule has 1 amide bonds. The van der Waals surface area contributed by atoms with Gasteiger partial charge in [0.1, 0.15) is 17.5 Å². The van der Waals surface area contributed by atoms with Gasteiger partial charge in [0, 0.05) is 12.1 Å². The quantitative estimate of drug-likeness (QED) is 0.599. The van der Waals surface area contributed by atoms with E-state index < -0.39 is 35.0 Å². The third kappa shape index (κ3) is 2.34. The molecule has 1 aliphatic heterocycles. The number of fused-ring (bicyclic) bond motifs is 3. The van der Waals surface area contributed by atoms with Gasteiger partial charge < -0.3 is 20.7 Å². The second-order valence-corrected chi connectivity index (χ2v) is 7.90. The Hall–Kier alpha value is -3.73. The second-order valence-electron chi connectivity index (χ2n) is 7.90. The lowest BCUT2D eigenvalue weighted by Gasteiger charge is -2.40. The maximum atomic E-state index is 12.6. The van der Waals surface area contributed by atoms with Gasteiger partial charge in [-0.25, -0.2) is 0 Å². The molecule has 5 atom stereocenters. The van der Waals surface area contributed by atoms with E-state index in [9.17, 15) is 20.3 Å². The summed E-state index contributed by atoms with van der Waals surface area (Å²) in [5, 5.41) is 32.7. The van der Waals surface area contributed by atoms with Gasteiger partial charge in [0.15, 0.2) is 11.2 Å². The van der Waals surface area contributed by atoms with Crippen LogP contribution in [0.25, 0.3) is 0 Å². The van der Waals surface area contributed by atoms with Gasteiger partial charge >= 0.3 is 0 Å². The van der Waals surface area contributed by atoms with Gasteiger partial charge in [0.2, 0.25) is 5.91 Å². The lowest BCUT2D eigenvalue weighted by atomic mass is 9.71. The summed E-state index contributed by atoms with van der Waals surface area (Å²) >= 11 is 0. The van der Waals surface area contributed by atoms with Crippen molar-refractivity contribution in [1.82, 2.24) is 4.98 Å². The Labute approximate surface area is 178 Å². The zero-order chi connectivity index (χ0) is 21.8. The van der Waals surface area contributed by atoms with Crippen molar-refractivity contribution in [2.45, 2.75) is 23.2 Å². The van der Waals surface area contributed by atoms with E-state index in [0.717, 1.165) is 0 Å². The standard InChI is InChI=1S/C24H19N3O4/c25-13-14-8-10-16(11-9-14)24-19(15-5-2-1-3-6-15)18(22(26)29)21(28)23(24,30)20-17(31-24)7-4-12-27-20/h1-12,18-19,21,28,30H,(H2,26,29)/t18-,19-,21-,23?,24+/m1/s1. The van der Waals surface area contributed by atoms with Crippen LogP contribution in [0.2, 0.25) is 0 Å². The van der Waals surface area contributed by atoms with Crippen LogP contribution in [0.3, 0.4) is 0 Å². The first-order valence-electron chi connectivity index (χ1n) is 9.85. The summed E-state index contributed by atoms with van der Waals surface area (Å²) in [5.41, 5.74) is 3.88. The van der Waals surface area contributed by atoms with Crippen molar-refractivity contribution in [1.29, 1.82) is 5.26 Å². The number of aliphatic hydroxyl groups excluding tert-OH is 1. The summed E-state index contributed by atoms with van der Waals surface area (Å²) in [6, 6.07) is 21.0. The largest absolute Gasteiger partial charge is 0.476 e. The van der Waals surface area contributed by atoms with Gasteiger partial charge in [-0.1, -0.05) is 42.5 Å². The van der Waals surface area contributed by atoms with Crippen LogP contribution >= 0.6 is 0 Å². The summed E-state index contributed by atoms with van der Waals surface area (Å²) in [6.45, 7) is 0. The predicted molar refractivity (Wildman–Crippen MR) is 109 cm³/mol. The van der Waals surface area contributed by atoms with Crippen molar-refractivity contribution in [2.75, 3.05) is 0 Å². The Morgan fingerprint density at radius 2 is 1.81 bits per heavy atom. The normalized spacial score (nSPS) is 30.7. The molecule has 2 aliphatic rings. The monoisotopic (exact) mass is 413 g/mol. The average molecular weight is 413 g/mol. The van der Waals surface area contributed by atoms with E-state index in [1.54, 1.807) is 36.4 Å². The molecule has 1 saturated carbocycles. The van der Waals surface area contributed by atoms with Gasteiger partial charge in [-0.05, 0) is 35.4 Å². The van der Waals surface area contributed by atoms with Gasteiger partial charge in [0.25, 0.3) is 0 Å². The summed E-state index contributed by atoms with van der Waals surface area (Å²) in [5.74, 6) is -2.39. The van der Waals surface area contributed by atoms with E-state index in [1.165, 1.54) is 6.20 Å². The number of aromatic nitrogens is 1. The van der Waals surface area contributed by atoms with Gasteiger partial charge in [-0.3, -0.25) is 9.78 Å². The molecule has 31 heavy (non-hydrogen) atoms. The molecule has 0 radical (unpaired) electrons. The topological polar surface area (TPSA) is 129 Å². The zero-order valence-corrected chi connectivity index (χ0v) is 16.3. The molecule has 1 fully saturated rings. The molecule has 2 aromatic carbocycles. The molecule has 4 N–H and O–H groups in total. The number of benzene rings is 2. The van der Waals surface area contributed by atoms with Crippen LogP contribution in [0, 0.1) is 17.2 Å². The Bertz CT molecular complexity index is 1210. The number of rotatable bonds is 3. The van der Waals surface area contributed by atoms with Crippen molar-refractivity contribution >= 4 is 5.91 Å². The number of nitrogens with two attached hydrogens (primary N) is 1. The van der Waals surface area contributed by atoms with Crippen molar-refractivity contribution in [3.8, 4) is 11.8 Å². The highest BCUT2D eigenvalue weighted by Gasteiger charge is 2.77. The van der Waals surface area contributed by atoms with Crippen LogP contribution in [0.1, 0.15) is 28.3 Å². The highest BCUT2D eigenvalue weighted by Crippen LogP contribution is 2.67. The minimum absolute atomic E-state index is 0.150. The molecular formula is C24H19N3O4. The molecular weight excluding hydrogens is 394 g/mol. The third-order valence-electron chi connectivity index (χ3n) is 6.46. The fourth-order valence-electron chi connectivity index (χ4n) is 5.21. The molecule has 5 rings (SSSR count). The molecule has 3 aromatic rings. The molecule has 1 unspecified atom stereocenters. The fourth-order valence-corrected chi connectivity index (χ4v) is 5.21. The first kappa shape index (κ1) is 19.2. The minimum Gasteiger partial charge on any atom is -0.476 e. The third-order valence-corrected chi connectivity index (χ3v) is 6.46. The van der Waals surface area contributed by atoms with Gasteiger partial charge in [-0.15, -0.1) is 0 Å². The van der Waals surface area contributed by atoms with E-state index in [4.69, 9.17) is 10.5 Å². The van der Waals surface area contributed by atoms with E-state index in [-0.39, 0.29) is 5.69 Å². The number of nitriles is 1. The number of carbonyl (C=O) groups excluding carboxylic acids is 1. The number of pyridine rings is 1. The maximum Gasteiger partial charge on any atom is 0.224 e. The number of amides is 1. The lowest BCUT2D eigenvalue weighted by Crippen LogP contribution is -2.52. The average Bonchev–Trinajstić information content (AvgIpc) is 3.18. The highest BCUT2D eigenvalue weighted by atomic mass is 16.5. The minimum atomic E-state index is -2.04. The number of ether oxygens (including phenoxy) is 1. The highest BCUT2D eigenvalue weighted by molar-refractivity contribution is 5.81. The van der Waals surface area contributed by atoms with E-state index >= 15 is 0 Å². The first-order chi connectivity index (χ1) is 14.9. The molecule has 0 spiro atoms. The molecule has 1 aromatic heterocycles. The van der Waals surface area contributed by atoms with Crippen LogP contribution in [-0.4, -0.2) is 27.2 Å². The molecule has 2 heterocycles. The van der Waals surface area contributed by atoms with Crippen molar-refractivity contribution < 1.29 is 19.7 Å². The lowest BCUT2D eigenvalue weighted by molar-refractivity contribution is -0.155. The van der Waals surface area contributed by atoms with E-state index in [0.29, 0.717) is 22.4 Å². The number of hydrogen-bond acceptors (Lipinski definition) is 6. The molecule has 154 valence electrons. The van der Waals surface area contributed by atoms with Crippen LogP contribution in [0.5, 0.6) is 5.75 Å². The van der Waals surface area contributed by atoms with Crippen molar-refractivity contribution in [3.05, 3.63) is 95.3 Å². The summed E-state index contributed by atoms with van der Waals surface area (Å²) in [4.78, 5) is 16.9. The number of hydrogen-bond donors (Lipinski definition) is 3. The number of aliphatic hydroxyl groups is 2. The van der Waals surface area contributed by atoms with E-state index in [2.05, 4.69) is 11.1 Å². The fraction of sp³-hybridized carbons (Fsp3) is 0.208. The van der Waals surface area contributed by atoms with Crippen molar-refractivity contribution in [2.24, 2.45) is 11.7 Å². The van der Waals surface area contributed by atoms with Crippen LogP contribution in [-0.2, 0) is 16.0 Å². The van der Waals surface area contributed by atoms with Crippen molar-refractivity contribution in [3.63, 3.8) is 0 Å². The SMILES string of the molecule is N#Cc1ccc([C@@]23Oc4cccnc4C2(O)[C@H](O)[C@H](C(N)=O)[C@H]3c2ccccc2)cc1. The molecule has 0 saturated heterocycles. The summed E-state index contributed by atoms with van der Waals surface area (Å²) in [6.07, 6.45) is -0.0707. The summed E-state index contributed by atoms with van der Waals surface area (Å²) in [7, 11) is 0. The van der Waals surface area contributed by atoms with Gasteiger partial charge in [-0.2, -0.15) is 5.26 Å².